The van der Waals surface area contributed by atoms with Crippen molar-refractivity contribution >= 4 is 10.9 Å². The number of H-pyrrole nitrogens is 1. The Hall–Kier alpha value is -2.73. The van der Waals surface area contributed by atoms with Crippen LogP contribution >= 0.6 is 0 Å². The Morgan fingerprint density at radius 2 is 1.81 bits per heavy atom. The van der Waals surface area contributed by atoms with Gasteiger partial charge >= 0.3 is 0 Å². The van der Waals surface area contributed by atoms with Crippen molar-refractivity contribution in [3.05, 3.63) is 83.0 Å². The van der Waals surface area contributed by atoms with E-state index in [9.17, 15) is 13.2 Å². The van der Waals surface area contributed by atoms with Gasteiger partial charge in [-0.1, -0.05) is 0 Å². The fourth-order valence-corrected chi connectivity index (χ4v) is 3.15. The monoisotopic (exact) mass is 358 g/mol. The maximum Gasteiger partial charge on any atom is 0.127 e. The van der Waals surface area contributed by atoms with Crippen molar-refractivity contribution in [3.8, 4) is 0 Å². The highest BCUT2D eigenvalue weighted by molar-refractivity contribution is 5.83. The highest BCUT2D eigenvalue weighted by atomic mass is 19.1. The van der Waals surface area contributed by atoms with E-state index < -0.39 is 11.6 Å². The summed E-state index contributed by atoms with van der Waals surface area (Å²) in [5, 5.41) is 2.62. The number of hydroxylamine groups is 2. The normalized spacial score (nSPS) is 14.7. The van der Waals surface area contributed by atoms with Crippen LogP contribution in [0.5, 0.6) is 0 Å². The first kappa shape index (κ1) is 16.7. The smallest absolute Gasteiger partial charge is 0.127 e. The van der Waals surface area contributed by atoms with Crippen LogP contribution in [0.2, 0.25) is 0 Å². The third-order valence-corrected chi connectivity index (χ3v) is 4.50. The Balaban J connectivity index is 1.36. The number of halogens is 3. The first-order valence-corrected chi connectivity index (χ1v) is 8.40. The van der Waals surface area contributed by atoms with E-state index in [2.05, 4.69) is 4.98 Å². The molecule has 6 heteroatoms. The molecule has 0 saturated heterocycles. The van der Waals surface area contributed by atoms with Crippen LogP contribution in [0.1, 0.15) is 11.1 Å². The molecular weight excluding hydrogens is 341 g/mol. The molecule has 0 atom stereocenters. The topological polar surface area (TPSA) is 28.3 Å². The molecule has 3 aromatic rings. The molecule has 2 heterocycles. The number of allylic oxidation sites excluding steroid dienone is 1. The number of aromatic amines is 1. The van der Waals surface area contributed by atoms with Gasteiger partial charge in [-0.3, -0.25) is 0 Å². The Morgan fingerprint density at radius 3 is 2.69 bits per heavy atom. The highest BCUT2D eigenvalue weighted by Gasteiger charge is 2.18. The third-order valence-electron chi connectivity index (χ3n) is 4.50. The highest BCUT2D eigenvalue weighted by Crippen LogP contribution is 2.22. The molecule has 1 N–H and O–H groups in total. The SMILES string of the molecule is Fc1ccc(F)c(CC2=CCN(CCc3c[nH]c4ccc(F)cc34)O2)c1. The van der Waals surface area contributed by atoms with E-state index in [0.717, 1.165) is 28.6 Å². The van der Waals surface area contributed by atoms with Crippen molar-refractivity contribution in [2.45, 2.75) is 12.8 Å². The lowest BCUT2D eigenvalue weighted by Gasteiger charge is -2.16. The summed E-state index contributed by atoms with van der Waals surface area (Å²) in [6, 6.07) is 8.06. The summed E-state index contributed by atoms with van der Waals surface area (Å²) in [6.07, 6.45) is 4.62. The molecule has 1 aliphatic rings. The number of nitrogens with zero attached hydrogens (tertiary/aromatic N) is 1. The molecule has 0 bridgehead atoms. The van der Waals surface area contributed by atoms with Gasteiger partial charge in [0.15, 0.2) is 0 Å². The van der Waals surface area contributed by atoms with Crippen molar-refractivity contribution in [1.82, 2.24) is 10.0 Å². The van der Waals surface area contributed by atoms with E-state index in [-0.39, 0.29) is 17.8 Å². The second-order valence-corrected chi connectivity index (χ2v) is 6.32. The molecule has 2 aromatic carbocycles. The molecule has 0 spiro atoms. The molecule has 0 unspecified atom stereocenters. The van der Waals surface area contributed by atoms with Crippen molar-refractivity contribution in [2.24, 2.45) is 0 Å². The number of nitrogens with one attached hydrogen (secondary N) is 1. The minimum Gasteiger partial charge on any atom is -0.410 e. The van der Waals surface area contributed by atoms with Gasteiger partial charge in [0.25, 0.3) is 0 Å². The number of hydrogen-bond donors (Lipinski definition) is 1. The minimum atomic E-state index is -0.469. The fraction of sp³-hybridized carbons (Fsp3) is 0.200. The molecule has 3 nitrogen and oxygen atoms in total. The van der Waals surface area contributed by atoms with E-state index in [1.165, 1.54) is 18.2 Å². The summed E-state index contributed by atoms with van der Waals surface area (Å²) in [5.74, 6) is -0.588. The Kier molecular flexibility index (Phi) is 4.42. The van der Waals surface area contributed by atoms with Crippen LogP contribution in [0, 0.1) is 17.5 Å². The number of aromatic nitrogens is 1. The van der Waals surface area contributed by atoms with Crippen LogP contribution < -0.4 is 0 Å². The van der Waals surface area contributed by atoms with Crippen molar-refractivity contribution < 1.29 is 18.0 Å². The lowest BCUT2D eigenvalue weighted by molar-refractivity contribution is -0.0915. The first-order valence-electron chi connectivity index (χ1n) is 8.40. The van der Waals surface area contributed by atoms with Crippen LogP contribution in [-0.2, 0) is 17.7 Å². The van der Waals surface area contributed by atoms with E-state index in [0.29, 0.717) is 25.3 Å². The molecule has 1 aromatic heterocycles. The number of fused-ring (bicyclic) bond motifs is 1. The number of hydrogen-bond acceptors (Lipinski definition) is 2. The molecule has 0 aliphatic carbocycles. The van der Waals surface area contributed by atoms with Gasteiger partial charge in [-0.25, -0.2) is 13.2 Å². The zero-order chi connectivity index (χ0) is 18.1. The Labute approximate surface area is 148 Å². The average Bonchev–Trinajstić information content (AvgIpc) is 3.23. The molecule has 4 rings (SSSR count). The molecule has 1 aliphatic heterocycles. The Morgan fingerprint density at radius 1 is 1.00 bits per heavy atom. The van der Waals surface area contributed by atoms with Gasteiger partial charge in [-0.15, -0.1) is 5.06 Å². The van der Waals surface area contributed by atoms with E-state index >= 15 is 0 Å². The Bertz CT molecular complexity index is 980. The summed E-state index contributed by atoms with van der Waals surface area (Å²) in [5.41, 5.74) is 2.17. The molecule has 26 heavy (non-hydrogen) atoms. The third kappa shape index (κ3) is 3.46. The largest absolute Gasteiger partial charge is 0.410 e. The lowest BCUT2D eigenvalue weighted by atomic mass is 10.1. The van der Waals surface area contributed by atoms with E-state index in [1.54, 1.807) is 11.1 Å². The standard InChI is InChI=1S/C20H17F3N2O/c21-15-1-3-19(23)14(9-15)10-17-6-8-25(26-17)7-5-13-12-24-20-4-2-16(22)11-18(13)20/h1-4,6,9,11-12,24H,5,7-8,10H2. The van der Waals surface area contributed by atoms with Gasteiger partial charge < -0.3 is 9.82 Å². The van der Waals surface area contributed by atoms with Crippen LogP contribution in [0.4, 0.5) is 13.2 Å². The van der Waals surface area contributed by atoms with Crippen LogP contribution in [0.3, 0.4) is 0 Å². The summed E-state index contributed by atoms with van der Waals surface area (Å²) in [7, 11) is 0. The number of rotatable bonds is 5. The second-order valence-electron chi connectivity index (χ2n) is 6.32. The van der Waals surface area contributed by atoms with Crippen LogP contribution in [0.15, 0.2) is 54.4 Å². The predicted molar refractivity (Wildman–Crippen MR) is 92.8 cm³/mol. The van der Waals surface area contributed by atoms with Crippen LogP contribution in [0.25, 0.3) is 10.9 Å². The quantitative estimate of drug-likeness (QED) is 0.727. The van der Waals surface area contributed by atoms with Gasteiger partial charge in [-0.2, -0.15) is 0 Å². The van der Waals surface area contributed by atoms with Crippen LogP contribution in [-0.4, -0.2) is 23.1 Å². The van der Waals surface area contributed by atoms with Gasteiger partial charge in [0.1, 0.15) is 23.2 Å². The van der Waals surface area contributed by atoms with Gasteiger partial charge in [-0.05, 0) is 60.0 Å². The zero-order valence-corrected chi connectivity index (χ0v) is 13.9. The predicted octanol–water partition coefficient (Wildman–Crippen LogP) is 4.50. The molecule has 0 radical (unpaired) electrons. The molecule has 134 valence electrons. The van der Waals surface area contributed by atoms with Gasteiger partial charge in [0.2, 0.25) is 0 Å². The average molecular weight is 358 g/mol. The maximum atomic E-state index is 13.7. The molecular formula is C20H17F3N2O. The summed E-state index contributed by atoms with van der Waals surface area (Å²) < 4.78 is 40.4. The number of benzene rings is 2. The minimum absolute atomic E-state index is 0.207. The fourth-order valence-electron chi connectivity index (χ4n) is 3.15. The first-order chi connectivity index (χ1) is 12.6. The van der Waals surface area contributed by atoms with Gasteiger partial charge in [0, 0.05) is 30.1 Å². The van der Waals surface area contributed by atoms with Crippen molar-refractivity contribution in [1.29, 1.82) is 0 Å². The van der Waals surface area contributed by atoms with E-state index in [4.69, 9.17) is 4.84 Å². The van der Waals surface area contributed by atoms with Crippen molar-refractivity contribution in [2.75, 3.05) is 13.1 Å². The zero-order valence-electron chi connectivity index (χ0n) is 13.9. The van der Waals surface area contributed by atoms with E-state index in [1.807, 2.05) is 12.3 Å². The molecule has 0 amide bonds. The summed E-state index contributed by atoms with van der Waals surface area (Å²) in [6.45, 7) is 1.18. The second kappa shape index (κ2) is 6.88. The summed E-state index contributed by atoms with van der Waals surface area (Å²) in [4.78, 5) is 8.84. The van der Waals surface area contributed by atoms with Crippen molar-refractivity contribution in [3.63, 3.8) is 0 Å². The summed E-state index contributed by atoms with van der Waals surface area (Å²) >= 11 is 0. The maximum absolute atomic E-state index is 13.7. The van der Waals surface area contributed by atoms with Gasteiger partial charge in [0.05, 0.1) is 6.54 Å². The molecule has 0 saturated carbocycles. The molecule has 0 fully saturated rings. The lowest BCUT2D eigenvalue weighted by Crippen LogP contribution is -2.22.